The van der Waals surface area contributed by atoms with Crippen molar-refractivity contribution >= 4 is 23.3 Å². The molecule has 5 nitrogen and oxygen atoms in total. The van der Waals surface area contributed by atoms with E-state index < -0.39 is 6.03 Å². The van der Waals surface area contributed by atoms with Crippen LogP contribution in [0.3, 0.4) is 0 Å². The first-order valence-corrected chi connectivity index (χ1v) is 6.21. The Morgan fingerprint density at radius 3 is 2.47 bits per heavy atom. The summed E-state index contributed by atoms with van der Waals surface area (Å²) in [5, 5.41) is 2.60. The Labute approximate surface area is 112 Å². The number of nitrogen functional groups attached to an aromatic ring is 1. The smallest absolute Gasteiger partial charge is 0.332 e. The molecule has 19 heavy (non-hydrogen) atoms. The molecule has 0 unspecified atom stereocenters. The lowest BCUT2D eigenvalue weighted by Gasteiger charge is -2.18. The average Bonchev–Trinajstić information content (AvgIpc) is 3.15. The van der Waals surface area contributed by atoms with Crippen LogP contribution in [-0.2, 0) is 4.79 Å². The molecule has 5 heteroatoms. The lowest BCUT2D eigenvalue weighted by molar-refractivity contribution is -0.115. The zero-order valence-corrected chi connectivity index (χ0v) is 10.8. The zero-order valence-electron chi connectivity index (χ0n) is 10.8. The minimum absolute atomic E-state index is 0.345. The molecule has 0 spiro atoms. The first-order valence-electron chi connectivity index (χ1n) is 6.21. The fraction of sp³-hybridized carbons (Fsp3) is 0.286. The van der Waals surface area contributed by atoms with Gasteiger partial charge in [-0.3, -0.25) is 4.79 Å². The van der Waals surface area contributed by atoms with Crippen LogP contribution in [0.25, 0.3) is 0 Å². The number of carbonyl (C=O) groups is 2. The van der Waals surface area contributed by atoms with E-state index in [2.05, 4.69) is 5.32 Å². The molecule has 3 N–H and O–H groups in total. The van der Waals surface area contributed by atoms with E-state index >= 15 is 0 Å². The fourth-order valence-corrected chi connectivity index (χ4v) is 1.67. The van der Waals surface area contributed by atoms with Gasteiger partial charge in [0.25, 0.3) is 0 Å². The van der Waals surface area contributed by atoms with E-state index in [1.807, 2.05) is 6.08 Å². The summed E-state index contributed by atoms with van der Waals surface area (Å²) in [6, 6.07) is 6.12. The SMILES string of the molecule is CC(=O)N(C(=O)N/C=C/C1CC1)c1ccc(N)cc1. The fourth-order valence-electron chi connectivity index (χ4n) is 1.67. The number of carbonyl (C=O) groups excluding carboxylic acids is 2. The number of allylic oxidation sites excluding steroid dienone is 1. The van der Waals surface area contributed by atoms with E-state index in [1.54, 1.807) is 30.5 Å². The molecule has 0 atom stereocenters. The Kier molecular flexibility index (Phi) is 3.85. The molecule has 0 bridgehead atoms. The van der Waals surface area contributed by atoms with Crippen LogP contribution < -0.4 is 16.0 Å². The van der Waals surface area contributed by atoms with Crippen molar-refractivity contribution in [2.24, 2.45) is 5.92 Å². The number of nitrogens with two attached hydrogens (primary N) is 1. The van der Waals surface area contributed by atoms with Crippen LogP contribution in [0.2, 0.25) is 0 Å². The summed E-state index contributed by atoms with van der Waals surface area (Å²) < 4.78 is 0. The molecule has 1 fully saturated rings. The molecule has 100 valence electrons. The van der Waals surface area contributed by atoms with Crippen LogP contribution in [0.4, 0.5) is 16.2 Å². The zero-order chi connectivity index (χ0) is 13.8. The lowest BCUT2D eigenvalue weighted by atomic mass is 10.2. The molecule has 1 aliphatic rings. The molecule has 0 aromatic heterocycles. The first-order chi connectivity index (χ1) is 9.08. The molecular weight excluding hydrogens is 242 g/mol. The molecule has 1 aliphatic carbocycles. The summed E-state index contributed by atoms with van der Waals surface area (Å²) in [5.41, 5.74) is 6.67. The second-order valence-corrected chi connectivity index (χ2v) is 4.59. The van der Waals surface area contributed by atoms with Crippen molar-refractivity contribution in [3.8, 4) is 0 Å². The Bertz CT molecular complexity index is 504. The summed E-state index contributed by atoms with van der Waals surface area (Å²) in [4.78, 5) is 24.7. The van der Waals surface area contributed by atoms with Crippen LogP contribution >= 0.6 is 0 Å². The van der Waals surface area contributed by atoms with Gasteiger partial charge in [0.1, 0.15) is 0 Å². The maximum absolute atomic E-state index is 12.0. The molecule has 0 radical (unpaired) electrons. The average molecular weight is 259 g/mol. The third-order valence-electron chi connectivity index (χ3n) is 2.87. The van der Waals surface area contributed by atoms with Gasteiger partial charge in [-0.15, -0.1) is 0 Å². The van der Waals surface area contributed by atoms with E-state index in [1.165, 1.54) is 19.8 Å². The summed E-state index contributed by atoms with van der Waals surface area (Å²) in [6.45, 7) is 1.35. The Morgan fingerprint density at radius 1 is 1.32 bits per heavy atom. The van der Waals surface area contributed by atoms with Gasteiger partial charge >= 0.3 is 6.03 Å². The van der Waals surface area contributed by atoms with Gasteiger partial charge in [0.15, 0.2) is 0 Å². The van der Waals surface area contributed by atoms with Gasteiger partial charge in [-0.1, -0.05) is 6.08 Å². The predicted octanol–water partition coefficient (Wildman–Crippen LogP) is 2.26. The predicted molar refractivity (Wildman–Crippen MR) is 74.4 cm³/mol. The Hall–Kier alpha value is -2.30. The van der Waals surface area contributed by atoms with Gasteiger partial charge in [0, 0.05) is 18.8 Å². The minimum atomic E-state index is -0.464. The van der Waals surface area contributed by atoms with Crippen molar-refractivity contribution in [2.75, 3.05) is 10.6 Å². The molecule has 3 amide bonds. The topological polar surface area (TPSA) is 75.4 Å². The number of nitrogens with zero attached hydrogens (tertiary/aromatic N) is 1. The lowest BCUT2D eigenvalue weighted by Crippen LogP contribution is -2.41. The molecule has 0 saturated heterocycles. The normalized spacial score (nSPS) is 14.4. The summed E-state index contributed by atoms with van der Waals surface area (Å²) in [7, 11) is 0. The maximum atomic E-state index is 12.0. The quantitative estimate of drug-likeness (QED) is 0.817. The highest BCUT2D eigenvalue weighted by Crippen LogP contribution is 2.29. The third kappa shape index (κ3) is 3.58. The highest BCUT2D eigenvalue weighted by atomic mass is 16.2. The van der Waals surface area contributed by atoms with Gasteiger partial charge in [0.2, 0.25) is 5.91 Å². The molecule has 1 aromatic carbocycles. The second kappa shape index (κ2) is 5.56. The number of anilines is 2. The third-order valence-corrected chi connectivity index (χ3v) is 2.87. The van der Waals surface area contributed by atoms with Crippen molar-refractivity contribution < 1.29 is 9.59 Å². The largest absolute Gasteiger partial charge is 0.399 e. The van der Waals surface area contributed by atoms with Gasteiger partial charge in [0.05, 0.1) is 5.69 Å². The maximum Gasteiger partial charge on any atom is 0.332 e. The van der Waals surface area contributed by atoms with Crippen molar-refractivity contribution in [2.45, 2.75) is 19.8 Å². The van der Waals surface area contributed by atoms with E-state index in [0.717, 1.165) is 4.90 Å². The van der Waals surface area contributed by atoms with Gasteiger partial charge in [-0.25, -0.2) is 9.69 Å². The Balaban J connectivity index is 2.07. The van der Waals surface area contributed by atoms with Crippen LogP contribution in [0, 0.1) is 5.92 Å². The molecule has 2 rings (SSSR count). The number of urea groups is 1. The van der Waals surface area contributed by atoms with E-state index in [9.17, 15) is 9.59 Å². The van der Waals surface area contributed by atoms with E-state index in [0.29, 0.717) is 17.3 Å². The van der Waals surface area contributed by atoms with Gasteiger partial charge in [-0.05, 0) is 43.0 Å². The highest BCUT2D eigenvalue weighted by Gasteiger charge is 2.20. The number of benzene rings is 1. The van der Waals surface area contributed by atoms with Crippen molar-refractivity contribution in [1.29, 1.82) is 0 Å². The van der Waals surface area contributed by atoms with E-state index in [-0.39, 0.29) is 5.91 Å². The number of amides is 3. The van der Waals surface area contributed by atoms with Crippen LogP contribution in [0.15, 0.2) is 36.5 Å². The molecular formula is C14H17N3O2. The second-order valence-electron chi connectivity index (χ2n) is 4.59. The summed E-state index contributed by atoms with van der Waals surface area (Å²) >= 11 is 0. The number of hydrogen-bond donors (Lipinski definition) is 2. The summed E-state index contributed by atoms with van der Waals surface area (Å²) in [6.07, 6.45) is 5.88. The first kappa shape index (κ1) is 13.1. The number of nitrogens with one attached hydrogen (secondary N) is 1. The number of imide groups is 1. The van der Waals surface area contributed by atoms with Gasteiger partial charge in [-0.2, -0.15) is 0 Å². The number of hydrogen-bond acceptors (Lipinski definition) is 3. The van der Waals surface area contributed by atoms with E-state index in [4.69, 9.17) is 5.73 Å². The molecule has 1 aromatic rings. The van der Waals surface area contributed by atoms with Gasteiger partial charge < -0.3 is 11.1 Å². The highest BCUT2D eigenvalue weighted by molar-refractivity contribution is 6.13. The van der Waals surface area contributed by atoms with Crippen LogP contribution in [0.5, 0.6) is 0 Å². The summed E-state index contributed by atoms with van der Waals surface area (Å²) in [5.74, 6) is 0.227. The molecule has 0 aliphatic heterocycles. The van der Waals surface area contributed by atoms with Crippen LogP contribution in [0.1, 0.15) is 19.8 Å². The molecule has 1 saturated carbocycles. The monoisotopic (exact) mass is 259 g/mol. The minimum Gasteiger partial charge on any atom is -0.399 e. The van der Waals surface area contributed by atoms with Crippen molar-refractivity contribution in [3.63, 3.8) is 0 Å². The Morgan fingerprint density at radius 2 is 1.95 bits per heavy atom. The number of rotatable bonds is 3. The van der Waals surface area contributed by atoms with Crippen LogP contribution in [-0.4, -0.2) is 11.9 Å². The van der Waals surface area contributed by atoms with Crippen molar-refractivity contribution in [1.82, 2.24) is 5.32 Å². The molecule has 0 heterocycles. The van der Waals surface area contributed by atoms with Crippen molar-refractivity contribution in [3.05, 3.63) is 36.5 Å². The standard InChI is InChI=1S/C14H17N3O2/c1-10(18)17(13-6-4-12(15)5-7-13)14(19)16-9-8-11-2-3-11/h4-9,11H,2-3,15H2,1H3,(H,16,19)/b9-8+.